The maximum atomic E-state index is 2.32. The minimum atomic E-state index is -0.126. The summed E-state index contributed by atoms with van der Waals surface area (Å²) in [6.45, 7) is 0.878. The van der Waals surface area contributed by atoms with Gasteiger partial charge in [-0.1, -0.05) is 72.8 Å². The standard InChI is InChI=1S/C26H24NS/c1-27(23-14-5-2-6-15-23)21-22-13-11-12-20-26(22)28(24-16-7-3-8-17-24)25-18-9-4-10-19-25/h2-20H,21H2,1H3/q+1. The fourth-order valence-electron chi connectivity index (χ4n) is 3.37. The smallest absolute Gasteiger partial charge is 0.171 e. The first kappa shape index (κ1) is 18.4. The van der Waals surface area contributed by atoms with E-state index >= 15 is 0 Å². The average molecular weight is 383 g/mol. The number of anilines is 1. The highest BCUT2D eigenvalue weighted by molar-refractivity contribution is 7.97. The molecule has 0 fully saturated rings. The Balaban J connectivity index is 1.76. The molecule has 0 saturated heterocycles. The van der Waals surface area contributed by atoms with E-state index in [2.05, 4.69) is 127 Å². The van der Waals surface area contributed by atoms with Crippen LogP contribution in [0.2, 0.25) is 0 Å². The van der Waals surface area contributed by atoms with Gasteiger partial charge >= 0.3 is 0 Å². The van der Waals surface area contributed by atoms with E-state index in [-0.39, 0.29) is 10.9 Å². The molecule has 0 radical (unpaired) electrons. The van der Waals surface area contributed by atoms with Gasteiger partial charge in [0, 0.05) is 24.8 Å². The molecule has 0 saturated carbocycles. The molecule has 0 bridgehead atoms. The largest absolute Gasteiger partial charge is 0.370 e. The van der Waals surface area contributed by atoms with Crippen LogP contribution in [0.15, 0.2) is 130 Å². The molecule has 28 heavy (non-hydrogen) atoms. The van der Waals surface area contributed by atoms with Gasteiger partial charge in [-0.2, -0.15) is 0 Å². The molecule has 138 valence electrons. The Labute approximate surface area is 170 Å². The summed E-state index contributed by atoms with van der Waals surface area (Å²) in [6.07, 6.45) is 0. The molecular weight excluding hydrogens is 358 g/mol. The number of hydrogen-bond acceptors (Lipinski definition) is 1. The number of hydrogen-bond donors (Lipinski definition) is 0. The van der Waals surface area contributed by atoms with Crippen molar-refractivity contribution < 1.29 is 0 Å². The van der Waals surface area contributed by atoms with Crippen LogP contribution < -0.4 is 4.90 Å². The third kappa shape index (κ3) is 4.13. The first-order valence-electron chi connectivity index (χ1n) is 9.51. The molecule has 0 heterocycles. The van der Waals surface area contributed by atoms with Gasteiger partial charge in [-0.3, -0.25) is 0 Å². The molecule has 0 aliphatic heterocycles. The second kappa shape index (κ2) is 8.81. The minimum absolute atomic E-state index is 0.126. The summed E-state index contributed by atoms with van der Waals surface area (Å²) in [7, 11) is 2.04. The van der Waals surface area contributed by atoms with E-state index in [1.807, 2.05) is 0 Å². The quantitative estimate of drug-likeness (QED) is 0.348. The zero-order valence-corrected chi connectivity index (χ0v) is 16.8. The monoisotopic (exact) mass is 382 g/mol. The Kier molecular flexibility index (Phi) is 5.79. The van der Waals surface area contributed by atoms with Crippen LogP contribution in [0.3, 0.4) is 0 Å². The van der Waals surface area contributed by atoms with Gasteiger partial charge in [0.15, 0.2) is 14.7 Å². The van der Waals surface area contributed by atoms with E-state index in [4.69, 9.17) is 0 Å². The van der Waals surface area contributed by atoms with Crippen molar-refractivity contribution in [1.82, 2.24) is 0 Å². The molecule has 0 aliphatic rings. The van der Waals surface area contributed by atoms with Gasteiger partial charge < -0.3 is 4.90 Å². The van der Waals surface area contributed by atoms with Crippen molar-refractivity contribution in [3.63, 3.8) is 0 Å². The molecule has 4 aromatic carbocycles. The first-order chi connectivity index (χ1) is 13.8. The molecule has 1 nitrogen and oxygen atoms in total. The van der Waals surface area contributed by atoms with Crippen molar-refractivity contribution in [2.24, 2.45) is 0 Å². The van der Waals surface area contributed by atoms with Gasteiger partial charge in [-0.05, 0) is 42.5 Å². The van der Waals surface area contributed by atoms with Crippen molar-refractivity contribution in [3.05, 3.63) is 121 Å². The molecule has 0 N–H and O–H groups in total. The van der Waals surface area contributed by atoms with E-state index in [1.54, 1.807) is 0 Å². The summed E-state index contributed by atoms with van der Waals surface area (Å²) in [4.78, 5) is 6.41. The molecule has 4 rings (SSSR count). The molecule has 0 aliphatic carbocycles. The van der Waals surface area contributed by atoms with Crippen molar-refractivity contribution in [2.75, 3.05) is 11.9 Å². The molecule has 0 spiro atoms. The Morgan fingerprint density at radius 3 is 1.61 bits per heavy atom. The lowest BCUT2D eigenvalue weighted by Crippen LogP contribution is -2.18. The molecule has 0 aromatic heterocycles. The lowest BCUT2D eigenvalue weighted by Gasteiger charge is -2.21. The summed E-state index contributed by atoms with van der Waals surface area (Å²) in [5.41, 5.74) is 2.60. The lowest BCUT2D eigenvalue weighted by molar-refractivity contribution is 0.901. The van der Waals surface area contributed by atoms with Crippen molar-refractivity contribution in [3.8, 4) is 0 Å². The maximum absolute atomic E-state index is 2.32. The van der Waals surface area contributed by atoms with Crippen molar-refractivity contribution in [1.29, 1.82) is 0 Å². The van der Waals surface area contributed by atoms with Crippen LogP contribution in [0.5, 0.6) is 0 Å². The highest BCUT2D eigenvalue weighted by Crippen LogP contribution is 2.33. The molecule has 0 amide bonds. The third-order valence-corrected chi connectivity index (χ3v) is 7.08. The minimum Gasteiger partial charge on any atom is -0.370 e. The Hall–Kier alpha value is -2.97. The highest BCUT2D eigenvalue weighted by Gasteiger charge is 2.30. The van der Waals surface area contributed by atoms with Gasteiger partial charge in [0.05, 0.1) is 10.9 Å². The van der Waals surface area contributed by atoms with Crippen molar-refractivity contribution >= 4 is 16.6 Å². The van der Waals surface area contributed by atoms with Crippen LogP contribution in [-0.4, -0.2) is 7.05 Å². The van der Waals surface area contributed by atoms with Crippen LogP contribution >= 0.6 is 0 Å². The summed E-state index contributed by atoms with van der Waals surface area (Å²) < 4.78 is 0. The number of para-hydroxylation sites is 1. The average Bonchev–Trinajstić information content (AvgIpc) is 2.77. The second-order valence-corrected chi connectivity index (χ2v) is 8.73. The van der Waals surface area contributed by atoms with E-state index in [0.717, 1.165) is 6.54 Å². The summed E-state index contributed by atoms with van der Waals surface area (Å²) >= 11 is 0. The lowest BCUT2D eigenvalue weighted by atomic mass is 10.2. The highest BCUT2D eigenvalue weighted by atomic mass is 32.2. The fourth-order valence-corrected chi connectivity index (χ4v) is 5.61. The van der Waals surface area contributed by atoms with Gasteiger partial charge in [0.1, 0.15) is 0 Å². The summed E-state index contributed by atoms with van der Waals surface area (Å²) in [5, 5.41) is 0. The zero-order chi connectivity index (χ0) is 19.2. The maximum Gasteiger partial charge on any atom is 0.171 e. The van der Waals surface area contributed by atoms with Crippen LogP contribution in [0.1, 0.15) is 5.56 Å². The Morgan fingerprint density at radius 1 is 0.571 bits per heavy atom. The van der Waals surface area contributed by atoms with E-state index in [0.29, 0.717) is 0 Å². The molecular formula is C26H24NS+. The van der Waals surface area contributed by atoms with E-state index in [9.17, 15) is 0 Å². The fraction of sp³-hybridized carbons (Fsp3) is 0.0769. The summed E-state index contributed by atoms with van der Waals surface area (Å²) in [5.74, 6) is 0. The third-order valence-electron chi connectivity index (χ3n) is 4.75. The normalized spacial score (nSPS) is 10.8. The number of benzene rings is 4. The van der Waals surface area contributed by atoms with Gasteiger partial charge in [-0.25, -0.2) is 0 Å². The predicted molar refractivity (Wildman–Crippen MR) is 120 cm³/mol. The number of nitrogens with zero attached hydrogens (tertiary/aromatic N) is 1. The van der Waals surface area contributed by atoms with Crippen LogP contribution in [-0.2, 0) is 17.4 Å². The first-order valence-corrected chi connectivity index (χ1v) is 10.7. The molecule has 0 atom stereocenters. The van der Waals surface area contributed by atoms with E-state index < -0.39 is 0 Å². The van der Waals surface area contributed by atoms with E-state index in [1.165, 1.54) is 25.9 Å². The van der Waals surface area contributed by atoms with Crippen LogP contribution in [0.4, 0.5) is 5.69 Å². The van der Waals surface area contributed by atoms with Crippen LogP contribution in [0.25, 0.3) is 0 Å². The zero-order valence-electron chi connectivity index (χ0n) is 16.0. The van der Waals surface area contributed by atoms with Crippen LogP contribution in [0, 0.1) is 0 Å². The Bertz CT molecular complexity index is 961. The van der Waals surface area contributed by atoms with Crippen molar-refractivity contribution in [2.45, 2.75) is 21.2 Å². The number of rotatable bonds is 6. The van der Waals surface area contributed by atoms with Gasteiger partial charge in [0.25, 0.3) is 0 Å². The van der Waals surface area contributed by atoms with Gasteiger partial charge in [-0.15, -0.1) is 0 Å². The second-order valence-electron chi connectivity index (χ2n) is 6.73. The molecule has 4 aromatic rings. The Morgan fingerprint density at radius 2 is 1.04 bits per heavy atom. The summed E-state index contributed by atoms with van der Waals surface area (Å²) in [6, 6.07) is 41.1. The molecule has 0 unspecified atom stereocenters. The topological polar surface area (TPSA) is 3.24 Å². The molecule has 2 heteroatoms. The van der Waals surface area contributed by atoms with Gasteiger partial charge in [0.2, 0.25) is 0 Å². The SMILES string of the molecule is CN(Cc1ccccc1[S+](c1ccccc1)c1ccccc1)c1ccccc1. The predicted octanol–water partition coefficient (Wildman–Crippen LogP) is 6.42.